The average molecular weight is 306 g/mol. The van der Waals surface area contributed by atoms with Crippen molar-refractivity contribution in [1.29, 1.82) is 0 Å². The third kappa shape index (κ3) is 4.70. The molecule has 0 fully saturated rings. The van der Waals surface area contributed by atoms with Crippen molar-refractivity contribution < 1.29 is 9.84 Å². The number of hydrogen-bond donors (Lipinski definition) is 1. The molecule has 1 N–H and O–H groups in total. The third-order valence-corrected chi connectivity index (χ3v) is 4.09. The maximum atomic E-state index is 10.3. The molecule has 4 nitrogen and oxygen atoms in total. The first-order chi connectivity index (χ1) is 10.3. The van der Waals surface area contributed by atoms with Gasteiger partial charge in [-0.2, -0.15) is 0 Å². The Morgan fingerprint density at radius 1 is 1.32 bits per heavy atom. The van der Waals surface area contributed by atoms with Gasteiger partial charge in [0.1, 0.15) is 0 Å². The number of aliphatic hydroxyl groups excluding tert-OH is 1. The fourth-order valence-corrected chi connectivity index (χ4v) is 2.92. The summed E-state index contributed by atoms with van der Waals surface area (Å²) in [6.45, 7) is 11.1. The normalized spacial score (nSPS) is 21.4. The molecule has 1 aromatic carbocycles. The minimum absolute atomic E-state index is 0.210. The predicted molar refractivity (Wildman–Crippen MR) is 91.3 cm³/mol. The molecule has 2 rings (SSSR count). The lowest BCUT2D eigenvalue weighted by molar-refractivity contribution is -0.0587. The summed E-state index contributed by atoms with van der Waals surface area (Å²) in [5.74, 6) is 0. The second-order valence-corrected chi connectivity index (χ2v) is 7.36. The molecule has 1 aromatic rings. The Labute approximate surface area is 134 Å². The van der Waals surface area contributed by atoms with E-state index in [0.717, 1.165) is 13.1 Å². The fraction of sp³-hybridized carbons (Fsp3) is 0.667. The van der Waals surface area contributed by atoms with Crippen molar-refractivity contribution in [3.05, 3.63) is 29.8 Å². The van der Waals surface area contributed by atoms with E-state index in [2.05, 4.69) is 48.0 Å². The van der Waals surface area contributed by atoms with Gasteiger partial charge >= 0.3 is 0 Å². The topological polar surface area (TPSA) is 35.9 Å². The Balaban J connectivity index is 2.02. The van der Waals surface area contributed by atoms with Crippen LogP contribution in [0.1, 0.15) is 33.3 Å². The molecule has 1 heterocycles. The van der Waals surface area contributed by atoms with Crippen molar-refractivity contribution >= 4 is 5.69 Å². The maximum Gasteiger partial charge on any atom is 0.0900 e. The van der Waals surface area contributed by atoms with E-state index in [1.54, 1.807) is 0 Å². The van der Waals surface area contributed by atoms with Crippen LogP contribution < -0.4 is 4.90 Å². The van der Waals surface area contributed by atoms with Crippen LogP contribution in [0.4, 0.5) is 5.69 Å². The first kappa shape index (κ1) is 17.3. The van der Waals surface area contributed by atoms with E-state index in [-0.39, 0.29) is 5.60 Å². The van der Waals surface area contributed by atoms with Gasteiger partial charge in [-0.25, -0.2) is 0 Å². The summed E-state index contributed by atoms with van der Waals surface area (Å²) < 4.78 is 5.70. The molecule has 0 aromatic heterocycles. The van der Waals surface area contributed by atoms with Crippen LogP contribution in [0.3, 0.4) is 0 Å². The number of fused-ring (bicyclic) bond motifs is 1. The molecule has 2 atom stereocenters. The van der Waals surface area contributed by atoms with Crippen LogP contribution in [0, 0.1) is 0 Å². The van der Waals surface area contributed by atoms with Gasteiger partial charge in [-0.05, 0) is 39.3 Å². The fourth-order valence-electron chi connectivity index (χ4n) is 2.92. The molecule has 0 radical (unpaired) electrons. The highest BCUT2D eigenvalue weighted by molar-refractivity contribution is 5.53. The third-order valence-electron chi connectivity index (χ3n) is 4.09. The Kier molecular flexibility index (Phi) is 5.48. The lowest BCUT2D eigenvalue weighted by Crippen LogP contribution is -2.43. The van der Waals surface area contributed by atoms with Crippen molar-refractivity contribution in [2.24, 2.45) is 0 Å². The second-order valence-electron chi connectivity index (χ2n) is 7.36. The molecule has 1 aliphatic rings. The van der Waals surface area contributed by atoms with E-state index in [1.165, 1.54) is 11.3 Å². The van der Waals surface area contributed by atoms with Gasteiger partial charge in [-0.1, -0.05) is 18.2 Å². The van der Waals surface area contributed by atoms with Crippen LogP contribution in [-0.2, 0) is 11.3 Å². The van der Waals surface area contributed by atoms with Crippen molar-refractivity contribution in [3.8, 4) is 0 Å². The quantitative estimate of drug-likeness (QED) is 0.927. The first-order valence-corrected chi connectivity index (χ1v) is 8.11. The van der Waals surface area contributed by atoms with Crippen LogP contribution in [0.25, 0.3) is 0 Å². The minimum atomic E-state index is -0.461. The van der Waals surface area contributed by atoms with Gasteiger partial charge in [0.15, 0.2) is 0 Å². The van der Waals surface area contributed by atoms with Gasteiger partial charge in [-0.15, -0.1) is 0 Å². The van der Waals surface area contributed by atoms with Crippen LogP contribution in [0.2, 0.25) is 0 Å². The minimum Gasteiger partial charge on any atom is -0.389 e. The van der Waals surface area contributed by atoms with Crippen LogP contribution in [0.5, 0.6) is 0 Å². The standard InChI is InChI=1S/C18H30N2O2/c1-14-10-19(5)17-9-7-6-8-15(17)11-20(14)12-16(21)13-22-18(2,3)4/h6-9,14,16,21H,10-13H2,1-5H3. The van der Waals surface area contributed by atoms with Crippen molar-refractivity contribution in [2.45, 2.75) is 52.0 Å². The Morgan fingerprint density at radius 2 is 2.00 bits per heavy atom. The number of benzene rings is 1. The number of likely N-dealkylation sites (N-methyl/N-ethyl adjacent to an activating group) is 1. The van der Waals surface area contributed by atoms with Crippen molar-refractivity contribution in [3.63, 3.8) is 0 Å². The molecular formula is C18H30N2O2. The van der Waals surface area contributed by atoms with Gasteiger partial charge in [0.2, 0.25) is 0 Å². The van der Waals surface area contributed by atoms with Gasteiger partial charge in [0.25, 0.3) is 0 Å². The van der Waals surface area contributed by atoms with Crippen LogP contribution in [0.15, 0.2) is 24.3 Å². The Morgan fingerprint density at radius 3 is 2.68 bits per heavy atom. The molecule has 0 saturated heterocycles. The van der Waals surface area contributed by atoms with E-state index < -0.39 is 6.10 Å². The van der Waals surface area contributed by atoms with E-state index in [4.69, 9.17) is 4.74 Å². The molecule has 1 aliphatic heterocycles. The number of hydrogen-bond acceptors (Lipinski definition) is 4. The van der Waals surface area contributed by atoms with Crippen LogP contribution >= 0.6 is 0 Å². The summed E-state index contributed by atoms with van der Waals surface area (Å²) in [5, 5.41) is 10.3. The summed E-state index contributed by atoms with van der Waals surface area (Å²) in [7, 11) is 2.14. The molecule has 0 amide bonds. The van der Waals surface area contributed by atoms with E-state index in [1.807, 2.05) is 20.8 Å². The van der Waals surface area contributed by atoms with E-state index in [9.17, 15) is 5.11 Å². The van der Waals surface area contributed by atoms with Gasteiger partial charge in [0, 0.05) is 38.4 Å². The Bertz CT molecular complexity index is 484. The van der Waals surface area contributed by atoms with Gasteiger partial charge < -0.3 is 14.7 Å². The lowest BCUT2D eigenvalue weighted by Gasteiger charge is -2.31. The SMILES string of the molecule is CC1CN(C)c2ccccc2CN1CC(O)COC(C)(C)C. The predicted octanol–water partition coefficient (Wildman–Crippen LogP) is 2.50. The number of rotatable bonds is 4. The summed E-state index contributed by atoms with van der Waals surface area (Å²) in [4.78, 5) is 4.65. The number of ether oxygens (including phenoxy) is 1. The monoisotopic (exact) mass is 306 g/mol. The number of anilines is 1. The number of nitrogens with zero attached hydrogens (tertiary/aromatic N) is 2. The van der Waals surface area contributed by atoms with Crippen LogP contribution in [-0.4, -0.2) is 54.5 Å². The molecular weight excluding hydrogens is 276 g/mol. The van der Waals surface area contributed by atoms with E-state index >= 15 is 0 Å². The number of para-hydroxylation sites is 1. The Hall–Kier alpha value is -1.10. The summed E-state index contributed by atoms with van der Waals surface area (Å²) >= 11 is 0. The molecule has 0 spiro atoms. The molecule has 0 aliphatic carbocycles. The highest BCUT2D eigenvalue weighted by Gasteiger charge is 2.25. The zero-order chi connectivity index (χ0) is 16.3. The summed E-state index contributed by atoms with van der Waals surface area (Å²) in [6.07, 6.45) is -0.461. The molecule has 0 saturated carbocycles. The zero-order valence-corrected chi connectivity index (χ0v) is 14.5. The smallest absolute Gasteiger partial charge is 0.0900 e. The maximum absolute atomic E-state index is 10.3. The highest BCUT2D eigenvalue weighted by atomic mass is 16.5. The van der Waals surface area contributed by atoms with E-state index in [0.29, 0.717) is 19.2 Å². The molecule has 2 unspecified atom stereocenters. The largest absolute Gasteiger partial charge is 0.389 e. The molecule has 22 heavy (non-hydrogen) atoms. The van der Waals surface area contributed by atoms with Crippen molar-refractivity contribution in [1.82, 2.24) is 4.90 Å². The second kappa shape index (κ2) is 6.99. The van der Waals surface area contributed by atoms with Crippen molar-refractivity contribution in [2.75, 3.05) is 31.6 Å². The van der Waals surface area contributed by atoms with Gasteiger partial charge in [0.05, 0.1) is 18.3 Å². The lowest BCUT2D eigenvalue weighted by atomic mass is 10.1. The molecule has 124 valence electrons. The molecule has 0 bridgehead atoms. The average Bonchev–Trinajstić information content (AvgIpc) is 2.54. The highest BCUT2D eigenvalue weighted by Crippen LogP contribution is 2.26. The molecule has 4 heteroatoms. The summed E-state index contributed by atoms with van der Waals surface area (Å²) in [5.41, 5.74) is 2.40. The first-order valence-electron chi connectivity index (χ1n) is 8.11. The number of β-amino-alcohol motifs (C(OH)–C–C–N with tert-alkyl or cyclic N) is 1. The van der Waals surface area contributed by atoms with Gasteiger partial charge in [-0.3, -0.25) is 4.90 Å². The number of aliphatic hydroxyl groups is 1. The summed E-state index contributed by atoms with van der Waals surface area (Å²) in [6, 6.07) is 8.91. The zero-order valence-electron chi connectivity index (χ0n) is 14.5.